The van der Waals surface area contributed by atoms with Crippen molar-refractivity contribution in [1.82, 2.24) is 13.6 Å². The summed E-state index contributed by atoms with van der Waals surface area (Å²) in [4.78, 5) is 16.7. The van der Waals surface area contributed by atoms with Crippen LogP contribution in [0, 0.1) is 11.6 Å². The second kappa shape index (κ2) is 9.54. The first-order valence-corrected chi connectivity index (χ1v) is 10.4. The molecule has 1 aromatic heterocycles. The summed E-state index contributed by atoms with van der Waals surface area (Å²) in [7, 11) is -2.05. The van der Waals surface area contributed by atoms with Crippen molar-refractivity contribution in [3.05, 3.63) is 52.7 Å². The third-order valence-electron chi connectivity index (χ3n) is 3.63. The molecule has 8 nitrogen and oxygen atoms in total. The van der Waals surface area contributed by atoms with E-state index in [1.807, 2.05) is 0 Å². The summed E-state index contributed by atoms with van der Waals surface area (Å²) in [6, 6.07) is 4.18. The maximum Gasteiger partial charge on any atom is 0.308 e. The fraction of sp³-hybridized carbons (Fsp3) is 0.333. The van der Waals surface area contributed by atoms with Crippen LogP contribution in [0.4, 0.5) is 8.78 Å². The van der Waals surface area contributed by atoms with Crippen LogP contribution in [0.2, 0.25) is 5.02 Å². The van der Waals surface area contributed by atoms with E-state index in [1.54, 1.807) is 13.8 Å². The minimum Gasteiger partial charge on any atom is -0.474 e. The highest BCUT2D eigenvalue weighted by atomic mass is 35.5. The van der Waals surface area contributed by atoms with Crippen LogP contribution in [0.3, 0.4) is 0 Å². The number of ether oxygens (including phenoxy) is 2. The monoisotopic (exact) mass is 463 g/mol. The zero-order valence-electron chi connectivity index (χ0n) is 16.6. The van der Waals surface area contributed by atoms with Gasteiger partial charge >= 0.3 is 10.2 Å². The lowest BCUT2D eigenvalue weighted by molar-refractivity contribution is 0.0761. The number of halogens is 3. The number of aromatic nitrogens is 1. The lowest BCUT2D eigenvalue weighted by Crippen LogP contribution is -2.46. The van der Waals surface area contributed by atoms with Gasteiger partial charge in [-0.1, -0.05) is 17.7 Å². The molecule has 164 valence electrons. The summed E-state index contributed by atoms with van der Waals surface area (Å²) >= 11 is 6.06. The van der Waals surface area contributed by atoms with E-state index in [4.69, 9.17) is 21.1 Å². The molecule has 2 rings (SSSR count). The van der Waals surface area contributed by atoms with Gasteiger partial charge in [-0.15, -0.1) is 0 Å². The fourth-order valence-electron chi connectivity index (χ4n) is 2.16. The second-order valence-corrected chi connectivity index (χ2v) is 8.92. The molecule has 0 unspecified atom stereocenters. The van der Waals surface area contributed by atoms with E-state index in [9.17, 15) is 22.0 Å². The maximum absolute atomic E-state index is 14.1. The van der Waals surface area contributed by atoms with E-state index < -0.39 is 40.0 Å². The Morgan fingerprint density at radius 3 is 2.50 bits per heavy atom. The Labute approximate surface area is 178 Å². The average Bonchev–Trinajstić information content (AvgIpc) is 2.65. The number of hydrogen-bond acceptors (Lipinski definition) is 6. The minimum atomic E-state index is -4.40. The predicted molar refractivity (Wildman–Crippen MR) is 106 cm³/mol. The number of benzene rings is 1. The van der Waals surface area contributed by atoms with Crippen LogP contribution >= 0.6 is 11.6 Å². The average molecular weight is 464 g/mol. The van der Waals surface area contributed by atoms with E-state index in [0.717, 1.165) is 22.5 Å². The Bertz CT molecular complexity index is 1030. The van der Waals surface area contributed by atoms with Crippen molar-refractivity contribution >= 4 is 27.7 Å². The zero-order valence-corrected chi connectivity index (χ0v) is 18.2. The van der Waals surface area contributed by atoms with Crippen molar-refractivity contribution in [1.29, 1.82) is 0 Å². The smallest absolute Gasteiger partial charge is 0.308 e. The SMILES string of the molecule is CC(C)Oc1ncc(OCN(C(=O)c2cccc(F)c2F)S(=O)(=O)N(C)C)cc1Cl. The van der Waals surface area contributed by atoms with Gasteiger partial charge in [-0.2, -0.15) is 17.0 Å². The summed E-state index contributed by atoms with van der Waals surface area (Å²) in [5, 5.41) is 0.103. The van der Waals surface area contributed by atoms with Gasteiger partial charge in [-0.05, 0) is 26.0 Å². The van der Waals surface area contributed by atoms with Gasteiger partial charge in [0.1, 0.15) is 10.8 Å². The molecule has 1 heterocycles. The van der Waals surface area contributed by atoms with Crippen molar-refractivity contribution in [2.75, 3.05) is 20.8 Å². The molecule has 0 radical (unpaired) electrons. The molecule has 0 saturated carbocycles. The molecule has 0 fully saturated rings. The van der Waals surface area contributed by atoms with Crippen molar-refractivity contribution in [3.63, 3.8) is 0 Å². The third kappa shape index (κ3) is 5.35. The van der Waals surface area contributed by atoms with E-state index in [2.05, 4.69) is 4.98 Å². The van der Waals surface area contributed by atoms with Gasteiger partial charge in [0, 0.05) is 20.2 Å². The van der Waals surface area contributed by atoms with Crippen LogP contribution in [0.5, 0.6) is 11.6 Å². The Morgan fingerprint density at radius 2 is 1.93 bits per heavy atom. The highest BCUT2D eigenvalue weighted by Crippen LogP contribution is 2.27. The lowest BCUT2D eigenvalue weighted by atomic mass is 10.2. The molecule has 1 aromatic carbocycles. The first-order valence-electron chi connectivity index (χ1n) is 8.58. The molecule has 0 aliphatic carbocycles. The topological polar surface area (TPSA) is 89.0 Å². The Balaban J connectivity index is 2.33. The lowest BCUT2D eigenvalue weighted by Gasteiger charge is -2.25. The van der Waals surface area contributed by atoms with Crippen molar-refractivity contribution in [3.8, 4) is 11.6 Å². The van der Waals surface area contributed by atoms with Gasteiger partial charge in [0.2, 0.25) is 5.88 Å². The fourth-order valence-corrected chi connectivity index (χ4v) is 3.25. The summed E-state index contributed by atoms with van der Waals surface area (Å²) in [6.07, 6.45) is 1.04. The third-order valence-corrected chi connectivity index (χ3v) is 5.65. The number of hydrogen-bond donors (Lipinski definition) is 0. The van der Waals surface area contributed by atoms with E-state index >= 15 is 0 Å². The van der Waals surface area contributed by atoms with Crippen LogP contribution in [0.1, 0.15) is 24.2 Å². The molecule has 30 heavy (non-hydrogen) atoms. The molecule has 0 N–H and O–H groups in total. The van der Waals surface area contributed by atoms with Crippen LogP contribution in [0.15, 0.2) is 30.5 Å². The van der Waals surface area contributed by atoms with Gasteiger partial charge in [0.05, 0.1) is 17.9 Å². The summed E-state index contributed by atoms with van der Waals surface area (Å²) in [6.45, 7) is 2.73. The molecule has 0 aliphatic rings. The quantitative estimate of drug-likeness (QED) is 0.559. The van der Waals surface area contributed by atoms with Gasteiger partial charge < -0.3 is 9.47 Å². The normalized spacial score (nSPS) is 11.6. The number of carbonyl (C=O) groups is 1. The molecule has 2 aromatic rings. The van der Waals surface area contributed by atoms with E-state index in [0.29, 0.717) is 0 Å². The van der Waals surface area contributed by atoms with Crippen LogP contribution < -0.4 is 9.47 Å². The first kappa shape index (κ1) is 23.8. The van der Waals surface area contributed by atoms with Crippen molar-refractivity contribution in [2.24, 2.45) is 0 Å². The summed E-state index contributed by atoms with van der Waals surface area (Å²) in [5.41, 5.74) is -0.763. The molecular formula is C18H20ClF2N3O5S. The van der Waals surface area contributed by atoms with Gasteiger partial charge in [-0.25, -0.2) is 13.8 Å². The van der Waals surface area contributed by atoms with Crippen LogP contribution in [-0.2, 0) is 10.2 Å². The van der Waals surface area contributed by atoms with Gasteiger partial charge in [-0.3, -0.25) is 4.79 Å². The molecular weight excluding hydrogens is 444 g/mol. The predicted octanol–water partition coefficient (Wildman–Crippen LogP) is 3.09. The van der Waals surface area contributed by atoms with Crippen molar-refractivity contribution in [2.45, 2.75) is 20.0 Å². The van der Waals surface area contributed by atoms with Crippen molar-refractivity contribution < 1.29 is 31.5 Å². The number of nitrogens with zero attached hydrogens (tertiary/aromatic N) is 3. The molecule has 1 amide bonds. The van der Waals surface area contributed by atoms with Gasteiger partial charge in [0.15, 0.2) is 18.4 Å². The minimum absolute atomic E-state index is 0.0302. The summed E-state index contributed by atoms with van der Waals surface area (Å²) < 4.78 is 64.4. The number of pyridine rings is 1. The van der Waals surface area contributed by atoms with Crippen LogP contribution in [-0.4, -0.2) is 54.8 Å². The van der Waals surface area contributed by atoms with E-state index in [1.165, 1.54) is 26.4 Å². The largest absolute Gasteiger partial charge is 0.474 e. The standard InChI is InChI=1S/C18H20ClF2N3O5S/c1-11(2)29-17-14(19)8-12(9-22-17)28-10-24(30(26,27)23(3)4)18(25)13-6-5-7-15(20)16(13)21/h5-9,11H,10H2,1-4H3. The van der Waals surface area contributed by atoms with Gasteiger partial charge in [0.25, 0.3) is 5.91 Å². The molecule has 0 aliphatic heterocycles. The molecule has 12 heteroatoms. The Hall–Kier alpha value is -2.50. The molecule has 0 atom stereocenters. The zero-order chi connectivity index (χ0) is 22.6. The highest BCUT2D eigenvalue weighted by Gasteiger charge is 2.33. The Morgan fingerprint density at radius 1 is 1.27 bits per heavy atom. The maximum atomic E-state index is 14.1. The van der Waals surface area contributed by atoms with E-state index in [-0.39, 0.29) is 27.1 Å². The molecule has 0 spiro atoms. The Kier molecular flexibility index (Phi) is 7.56. The summed E-state index contributed by atoms with van der Waals surface area (Å²) in [5.74, 6) is -3.89. The number of carbonyl (C=O) groups excluding carboxylic acids is 1. The first-order chi connectivity index (χ1) is 13.9. The van der Waals surface area contributed by atoms with Crippen LogP contribution in [0.25, 0.3) is 0 Å². The number of rotatable bonds is 8. The highest BCUT2D eigenvalue weighted by molar-refractivity contribution is 7.87. The number of amides is 1. The molecule has 0 bridgehead atoms. The second-order valence-electron chi connectivity index (χ2n) is 6.44. The molecule has 0 saturated heterocycles.